The summed E-state index contributed by atoms with van der Waals surface area (Å²) < 4.78 is 4.59. The van der Waals surface area contributed by atoms with E-state index in [0.29, 0.717) is 6.54 Å². The van der Waals surface area contributed by atoms with Gasteiger partial charge in [-0.25, -0.2) is 4.79 Å². The Kier molecular flexibility index (Phi) is 6.78. The van der Waals surface area contributed by atoms with Gasteiger partial charge in [0.2, 0.25) is 5.91 Å². The van der Waals surface area contributed by atoms with Crippen LogP contribution in [0, 0.1) is 11.3 Å². The van der Waals surface area contributed by atoms with Crippen LogP contribution in [-0.2, 0) is 14.3 Å². The van der Waals surface area contributed by atoms with Gasteiger partial charge >= 0.3 is 5.97 Å². The van der Waals surface area contributed by atoms with Gasteiger partial charge in [0.25, 0.3) is 0 Å². The number of carbonyl (C=O) groups is 2. The molecule has 0 aromatic heterocycles. The van der Waals surface area contributed by atoms with E-state index in [1.54, 1.807) is 0 Å². The highest BCUT2D eigenvalue weighted by Gasteiger charge is 2.01. The number of amides is 1. The fraction of sp³-hybridized carbons (Fsp3) is 0.444. The summed E-state index contributed by atoms with van der Waals surface area (Å²) in [7, 11) is 0. The first kappa shape index (κ1) is 12.2. The van der Waals surface area contributed by atoms with Gasteiger partial charge in [-0.2, -0.15) is 5.26 Å². The van der Waals surface area contributed by atoms with Gasteiger partial charge in [-0.3, -0.25) is 4.79 Å². The summed E-state index contributed by atoms with van der Waals surface area (Å²) in [5.74, 6) is -0.785. The van der Waals surface area contributed by atoms with Gasteiger partial charge < -0.3 is 10.1 Å². The van der Waals surface area contributed by atoms with Crippen LogP contribution >= 0.6 is 0 Å². The summed E-state index contributed by atoms with van der Waals surface area (Å²) >= 11 is 0. The second-order valence-electron chi connectivity index (χ2n) is 2.38. The largest absolute Gasteiger partial charge is 0.462 e. The van der Waals surface area contributed by atoms with Gasteiger partial charge in [-0.15, -0.1) is 0 Å². The molecule has 76 valence electrons. The highest BCUT2D eigenvalue weighted by atomic mass is 16.5. The zero-order valence-corrected chi connectivity index (χ0v) is 7.78. The minimum absolute atomic E-state index is 0.0310. The molecule has 0 unspecified atom stereocenters. The predicted molar refractivity (Wildman–Crippen MR) is 49.0 cm³/mol. The molecule has 0 spiro atoms. The number of ether oxygens (including phenoxy) is 1. The summed E-state index contributed by atoms with van der Waals surface area (Å²) in [6.45, 7) is 3.56. The fourth-order valence-electron chi connectivity index (χ4n) is 0.649. The molecule has 0 atom stereocenters. The lowest BCUT2D eigenvalue weighted by Gasteiger charge is -2.02. The van der Waals surface area contributed by atoms with Crippen LogP contribution in [0.3, 0.4) is 0 Å². The molecule has 0 aliphatic rings. The maximum atomic E-state index is 11.0. The molecule has 5 heteroatoms. The molecule has 0 saturated heterocycles. The molecule has 5 nitrogen and oxygen atoms in total. The van der Waals surface area contributed by atoms with E-state index < -0.39 is 5.97 Å². The first-order chi connectivity index (χ1) is 6.70. The molecule has 0 fully saturated rings. The SMILES string of the molecule is C=CC(=O)OCCC(=O)NCCC#N. The summed E-state index contributed by atoms with van der Waals surface area (Å²) in [6, 6.07) is 1.89. The number of nitrogens with one attached hydrogen (secondary N) is 1. The molecule has 0 rings (SSSR count). The molecular weight excluding hydrogens is 184 g/mol. The summed E-state index contributed by atoms with van der Waals surface area (Å²) in [6.07, 6.45) is 1.41. The predicted octanol–water partition coefficient (Wildman–Crippen LogP) is 0.136. The van der Waals surface area contributed by atoms with Crippen LogP contribution in [0.1, 0.15) is 12.8 Å². The average Bonchev–Trinajstić information content (AvgIpc) is 2.18. The van der Waals surface area contributed by atoms with Gasteiger partial charge in [-0.05, 0) is 0 Å². The third-order valence-electron chi connectivity index (χ3n) is 1.30. The molecule has 0 aromatic rings. The summed E-state index contributed by atoms with van der Waals surface area (Å²) in [5.41, 5.74) is 0. The normalized spacial score (nSPS) is 8.50. The molecule has 0 saturated carbocycles. The molecule has 0 aliphatic heterocycles. The minimum atomic E-state index is -0.546. The monoisotopic (exact) mass is 196 g/mol. The van der Waals surface area contributed by atoms with E-state index in [-0.39, 0.29) is 25.4 Å². The topological polar surface area (TPSA) is 79.2 Å². The first-order valence-electron chi connectivity index (χ1n) is 4.13. The molecule has 0 heterocycles. The van der Waals surface area contributed by atoms with E-state index in [2.05, 4.69) is 16.6 Å². The molecule has 14 heavy (non-hydrogen) atoms. The number of nitrogens with zero attached hydrogens (tertiary/aromatic N) is 1. The van der Waals surface area contributed by atoms with Gasteiger partial charge in [0.1, 0.15) is 6.61 Å². The molecule has 0 aliphatic carbocycles. The van der Waals surface area contributed by atoms with Crippen molar-refractivity contribution in [3.8, 4) is 6.07 Å². The Hall–Kier alpha value is -1.83. The van der Waals surface area contributed by atoms with E-state index >= 15 is 0 Å². The Bertz CT molecular complexity index is 255. The second kappa shape index (κ2) is 7.80. The van der Waals surface area contributed by atoms with Gasteiger partial charge in [0, 0.05) is 12.6 Å². The zero-order valence-electron chi connectivity index (χ0n) is 7.78. The number of hydrogen-bond donors (Lipinski definition) is 1. The quantitative estimate of drug-likeness (QED) is 0.372. The minimum Gasteiger partial charge on any atom is -0.462 e. The lowest BCUT2D eigenvalue weighted by atomic mass is 10.4. The van der Waals surface area contributed by atoms with Crippen LogP contribution < -0.4 is 5.32 Å². The molecule has 1 N–H and O–H groups in total. The van der Waals surface area contributed by atoms with E-state index in [1.165, 1.54) is 0 Å². The highest BCUT2D eigenvalue weighted by molar-refractivity contribution is 5.81. The number of esters is 1. The molecule has 0 aromatic carbocycles. The van der Waals surface area contributed by atoms with E-state index in [9.17, 15) is 9.59 Å². The van der Waals surface area contributed by atoms with Gasteiger partial charge in [0.15, 0.2) is 0 Å². The Labute approximate surface area is 82.3 Å². The molecule has 1 amide bonds. The lowest BCUT2D eigenvalue weighted by molar-refractivity contribution is -0.138. The smallest absolute Gasteiger partial charge is 0.330 e. The first-order valence-corrected chi connectivity index (χ1v) is 4.13. The van der Waals surface area contributed by atoms with E-state index in [1.807, 2.05) is 6.07 Å². The summed E-state index contributed by atoms with van der Waals surface area (Å²) in [4.78, 5) is 21.5. The van der Waals surface area contributed by atoms with E-state index in [4.69, 9.17) is 5.26 Å². The third-order valence-corrected chi connectivity index (χ3v) is 1.30. The number of rotatable bonds is 6. The molecule has 0 radical (unpaired) electrons. The van der Waals surface area contributed by atoms with Crippen molar-refractivity contribution in [3.63, 3.8) is 0 Å². The Balaban J connectivity index is 3.41. The molecule has 0 bridgehead atoms. The van der Waals surface area contributed by atoms with Crippen molar-refractivity contribution in [2.45, 2.75) is 12.8 Å². The summed E-state index contributed by atoms with van der Waals surface area (Å²) in [5, 5.41) is 10.7. The lowest BCUT2D eigenvalue weighted by Crippen LogP contribution is -2.25. The van der Waals surface area contributed by atoms with Crippen LogP contribution in [0.2, 0.25) is 0 Å². The third kappa shape index (κ3) is 6.85. The van der Waals surface area contributed by atoms with Gasteiger partial charge in [0.05, 0.1) is 18.9 Å². The van der Waals surface area contributed by atoms with Crippen molar-refractivity contribution in [3.05, 3.63) is 12.7 Å². The average molecular weight is 196 g/mol. The maximum absolute atomic E-state index is 11.0. The van der Waals surface area contributed by atoms with Crippen LogP contribution in [0.4, 0.5) is 0 Å². The Morgan fingerprint density at radius 1 is 1.57 bits per heavy atom. The Morgan fingerprint density at radius 3 is 2.86 bits per heavy atom. The fourth-order valence-corrected chi connectivity index (χ4v) is 0.649. The highest BCUT2D eigenvalue weighted by Crippen LogP contribution is 1.85. The number of nitriles is 1. The van der Waals surface area contributed by atoms with Crippen molar-refractivity contribution < 1.29 is 14.3 Å². The van der Waals surface area contributed by atoms with Crippen molar-refractivity contribution in [1.29, 1.82) is 5.26 Å². The van der Waals surface area contributed by atoms with Crippen LogP contribution in [0.25, 0.3) is 0 Å². The van der Waals surface area contributed by atoms with Crippen LogP contribution in [-0.4, -0.2) is 25.0 Å². The van der Waals surface area contributed by atoms with Crippen LogP contribution in [0.5, 0.6) is 0 Å². The molecular formula is C9H12N2O3. The van der Waals surface area contributed by atoms with Crippen LogP contribution in [0.15, 0.2) is 12.7 Å². The second-order valence-corrected chi connectivity index (χ2v) is 2.38. The van der Waals surface area contributed by atoms with E-state index in [0.717, 1.165) is 6.08 Å². The Morgan fingerprint density at radius 2 is 2.29 bits per heavy atom. The van der Waals surface area contributed by atoms with Crippen molar-refractivity contribution in [2.75, 3.05) is 13.2 Å². The van der Waals surface area contributed by atoms with Crippen molar-refractivity contribution in [2.24, 2.45) is 0 Å². The van der Waals surface area contributed by atoms with Crippen molar-refractivity contribution >= 4 is 11.9 Å². The maximum Gasteiger partial charge on any atom is 0.330 e. The standard InChI is InChI=1S/C9H12N2O3/c1-2-9(13)14-7-4-8(12)11-6-3-5-10/h2H,1,3-4,6-7H2,(H,11,12). The number of hydrogen-bond acceptors (Lipinski definition) is 4. The van der Waals surface area contributed by atoms with Gasteiger partial charge in [-0.1, -0.05) is 6.58 Å². The van der Waals surface area contributed by atoms with Crippen molar-refractivity contribution in [1.82, 2.24) is 5.32 Å². The number of carbonyl (C=O) groups excluding carboxylic acids is 2. The zero-order chi connectivity index (χ0) is 10.8.